The number of carbonyl (C=O) groups excluding carboxylic acids is 1. The first-order valence-electron chi connectivity index (χ1n) is 10.0. The summed E-state index contributed by atoms with van der Waals surface area (Å²) in [6.45, 7) is 1.92. The number of pyridine rings is 1. The van der Waals surface area contributed by atoms with Crippen LogP contribution in [0, 0.1) is 0 Å². The van der Waals surface area contributed by atoms with Crippen LogP contribution in [0.4, 0.5) is 11.4 Å². The number of nitrogens with zero attached hydrogens (tertiary/aromatic N) is 3. The maximum Gasteiger partial charge on any atom is 0.277 e. The van der Waals surface area contributed by atoms with Crippen molar-refractivity contribution in [1.29, 1.82) is 0 Å². The molecule has 9 heteroatoms. The van der Waals surface area contributed by atoms with Gasteiger partial charge in [0.05, 0.1) is 18.8 Å². The number of hydrogen-bond donors (Lipinski definition) is 3. The van der Waals surface area contributed by atoms with Crippen LogP contribution in [0.25, 0.3) is 11.5 Å². The standard InChI is InChI=1S/C22H24N6O3/c1-30-20-11-17(23)15(12-26-16-4-8-25-9-5-16)10-18(20)27-21(29)19-13-31-22(28-19)14-2-6-24-7-3-14/h2-3,6-7,10-13,16,25H,4-5,8-9,23H2,1H3,(H,27,29). The summed E-state index contributed by atoms with van der Waals surface area (Å²) in [5.74, 6) is 0.364. The normalized spacial score (nSPS) is 14.6. The molecule has 0 saturated carbocycles. The van der Waals surface area contributed by atoms with E-state index >= 15 is 0 Å². The Bertz CT molecular complexity index is 1070. The number of aromatic nitrogens is 2. The van der Waals surface area contributed by atoms with Gasteiger partial charge in [-0.2, -0.15) is 0 Å². The van der Waals surface area contributed by atoms with Crippen molar-refractivity contribution < 1.29 is 13.9 Å². The van der Waals surface area contributed by atoms with E-state index in [0.29, 0.717) is 28.6 Å². The predicted molar refractivity (Wildman–Crippen MR) is 119 cm³/mol. The van der Waals surface area contributed by atoms with Crippen LogP contribution in [0.3, 0.4) is 0 Å². The first-order chi connectivity index (χ1) is 15.1. The van der Waals surface area contributed by atoms with Crippen LogP contribution in [-0.2, 0) is 0 Å². The van der Waals surface area contributed by atoms with Crippen LogP contribution in [-0.4, -0.2) is 48.3 Å². The fourth-order valence-corrected chi connectivity index (χ4v) is 3.32. The number of carbonyl (C=O) groups is 1. The molecule has 0 radical (unpaired) electrons. The average molecular weight is 420 g/mol. The van der Waals surface area contributed by atoms with Crippen LogP contribution in [0.2, 0.25) is 0 Å². The zero-order valence-corrected chi connectivity index (χ0v) is 17.2. The van der Waals surface area contributed by atoms with Crippen molar-refractivity contribution in [2.45, 2.75) is 18.9 Å². The number of amides is 1. The number of nitrogens with two attached hydrogens (primary N) is 1. The van der Waals surface area contributed by atoms with E-state index in [1.807, 2.05) is 0 Å². The van der Waals surface area contributed by atoms with Crippen molar-refractivity contribution in [2.75, 3.05) is 31.2 Å². The molecule has 3 aromatic rings. The van der Waals surface area contributed by atoms with Gasteiger partial charge >= 0.3 is 0 Å². The molecule has 0 bridgehead atoms. The summed E-state index contributed by atoms with van der Waals surface area (Å²) in [5, 5.41) is 6.14. The lowest BCUT2D eigenvalue weighted by Crippen LogP contribution is -2.29. The highest BCUT2D eigenvalue weighted by atomic mass is 16.5. The summed E-state index contributed by atoms with van der Waals surface area (Å²) in [6, 6.07) is 7.20. The van der Waals surface area contributed by atoms with Crippen molar-refractivity contribution in [2.24, 2.45) is 4.99 Å². The number of oxazole rings is 1. The molecule has 9 nitrogen and oxygen atoms in total. The van der Waals surface area contributed by atoms with Crippen molar-refractivity contribution in [3.8, 4) is 17.2 Å². The van der Waals surface area contributed by atoms with E-state index in [4.69, 9.17) is 14.9 Å². The Hall–Kier alpha value is -3.72. The fraction of sp³-hybridized carbons (Fsp3) is 0.273. The van der Waals surface area contributed by atoms with E-state index in [1.54, 1.807) is 42.9 Å². The van der Waals surface area contributed by atoms with Gasteiger partial charge in [-0.25, -0.2) is 4.98 Å². The molecule has 0 unspecified atom stereocenters. The summed E-state index contributed by atoms with van der Waals surface area (Å²) in [5.41, 5.74) is 8.75. The van der Waals surface area contributed by atoms with Gasteiger partial charge < -0.3 is 25.5 Å². The van der Waals surface area contributed by atoms with E-state index in [-0.39, 0.29) is 11.7 Å². The molecular formula is C22H24N6O3. The zero-order valence-electron chi connectivity index (χ0n) is 17.2. The Morgan fingerprint density at radius 2 is 2.10 bits per heavy atom. The molecule has 3 heterocycles. The monoisotopic (exact) mass is 420 g/mol. The number of rotatable bonds is 6. The third-order valence-electron chi connectivity index (χ3n) is 5.05. The molecule has 1 aliphatic heterocycles. The molecule has 2 aromatic heterocycles. The highest BCUT2D eigenvalue weighted by molar-refractivity contribution is 6.04. The number of benzene rings is 1. The highest BCUT2D eigenvalue weighted by Crippen LogP contribution is 2.30. The van der Waals surface area contributed by atoms with Crippen molar-refractivity contribution in [3.05, 3.63) is 54.2 Å². The second-order valence-electron chi connectivity index (χ2n) is 7.17. The molecule has 160 valence electrons. The molecule has 0 spiro atoms. The fourth-order valence-electron chi connectivity index (χ4n) is 3.32. The van der Waals surface area contributed by atoms with E-state index in [2.05, 4.69) is 25.6 Å². The van der Waals surface area contributed by atoms with Gasteiger partial charge in [0.25, 0.3) is 5.91 Å². The van der Waals surface area contributed by atoms with Crippen molar-refractivity contribution >= 4 is 23.5 Å². The number of nitrogen functional groups attached to an aromatic ring is 1. The number of aliphatic imine (C=N–C) groups is 1. The second-order valence-corrected chi connectivity index (χ2v) is 7.17. The summed E-state index contributed by atoms with van der Waals surface area (Å²) in [4.78, 5) is 25.6. The van der Waals surface area contributed by atoms with Gasteiger partial charge in [-0.05, 0) is 44.1 Å². The van der Waals surface area contributed by atoms with E-state index < -0.39 is 5.91 Å². The smallest absolute Gasteiger partial charge is 0.277 e. The lowest BCUT2D eigenvalue weighted by Gasteiger charge is -2.19. The number of hydrogen-bond acceptors (Lipinski definition) is 8. The maximum atomic E-state index is 12.8. The Morgan fingerprint density at radius 3 is 2.84 bits per heavy atom. The van der Waals surface area contributed by atoms with Gasteiger partial charge in [-0.15, -0.1) is 0 Å². The van der Waals surface area contributed by atoms with Gasteiger partial charge in [0.15, 0.2) is 5.69 Å². The largest absolute Gasteiger partial charge is 0.494 e. The van der Waals surface area contributed by atoms with E-state index in [0.717, 1.165) is 31.5 Å². The topological polar surface area (TPSA) is 128 Å². The minimum atomic E-state index is -0.423. The molecule has 4 rings (SSSR count). The Morgan fingerprint density at radius 1 is 1.32 bits per heavy atom. The number of anilines is 2. The van der Waals surface area contributed by atoms with E-state index in [1.165, 1.54) is 13.4 Å². The summed E-state index contributed by atoms with van der Waals surface area (Å²) in [6.07, 6.45) is 8.31. The number of nitrogens with one attached hydrogen (secondary N) is 2. The molecule has 1 aromatic carbocycles. The van der Waals surface area contributed by atoms with Crippen LogP contribution in [0.1, 0.15) is 28.9 Å². The molecule has 1 saturated heterocycles. The molecule has 31 heavy (non-hydrogen) atoms. The summed E-state index contributed by atoms with van der Waals surface area (Å²) in [7, 11) is 1.52. The summed E-state index contributed by atoms with van der Waals surface area (Å²) < 4.78 is 10.8. The van der Waals surface area contributed by atoms with Gasteiger partial charge in [-0.1, -0.05) is 0 Å². The molecular weight excluding hydrogens is 396 g/mol. The van der Waals surface area contributed by atoms with Crippen LogP contribution < -0.4 is 21.1 Å². The first kappa shape index (κ1) is 20.5. The second kappa shape index (κ2) is 9.40. The van der Waals surface area contributed by atoms with Crippen molar-refractivity contribution in [3.63, 3.8) is 0 Å². The van der Waals surface area contributed by atoms with Gasteiger partial charge in [0.1, 0.15) is 12.0 Å². The number of methoxy groups -OCH3 is 1. The number of ether oxygens (including phenoxy) is 1. The third-order valence-corrected chi connectivity index (χ3v) is 5.05. The lowest BCUT2D eigenvalue weighted by molar-refractivity contribution is 0.102. The predicted octanol–water partition coefficient (Wildman–Crippen LogP) is 2.75. The van der Waals surface area contributed by atoms with Gasteiger partial charge in [0, 0.05) is 41.5 Å². The van der Waals surface area contributed by atoms with Crippen LogP contribution in [0.5, 0.6) is 5.75 Å². The van der Waals surface area contributed by atoms with Crippen LogP contribution >= 0.6 is 0 Å². The highest BCUT2D eigenvalue weighted by Gasteiger charge is 2.17. The first-order valence-corrected chi connectivity index (χ1v) is 10.0. The SMILES string of the molecule is COc1cc(N)c(C=NC2CCNCC2)cc1NC(=O)c1coc(-c2ccncc2)n1. The average Bonchev–Trinajstić information content (AvgIpc) is 3.31. The number of piperidine rings is 1. The third kappa shape index (κ3) is 4.89. The molecule has 1 aliphatic rings. The Kier molecular flexibility index (Phi) is 6.23. The maximum absolute atomic E-state index is 12.8. The van der Waals surface area contributed by atoms with Crippen LogP contribution in [0.15, 0.2) is 52.3 Å². The summed E-state index contributed by atoms with van der Waals surface area (Å²) >= 11 is 0. The molecule has 0 aliphatic carbocycles. The minimum Gasteiger partial charge on any atom is -0.494 e. The lowest BCUT2D eigenvalue weighted by atomic mass is 10.1. The Balaban J connectivity index is 1.53. The Labute approximate surface area is 179 Å². The minimum absolute atomic E-state index is 0.149. The quantitative estimate of drug-likeness (QED) is 0.413. The molecule has 1 amide bonds. The van der Waals surface area contributed by atoms with Crippen molar-refractivity contribution in [1.82, 2.24) is 15.3 Å². The van der Waals surface area contributed by atoms with Gasteiger partial charge in [0.2, 0.25) is 5.89 Å². The molecule has 1 fully saturated rings. The molecule has 0 atom stereocenters. The zero-order chi connectivity index (χ0) is 21.6. The van der Waals surface area contributed by atoms with E-state index in [9.17, 15) is 4.79 Å². The van der Waals surface area contributed by atoms with Gasteiger partial charge in [-0.3, -0.25) is 14.8 Å². The molecule has 4 N–H and O–H groups in total.